The molecule has 4 heteroatoms. The minimum absolute atomic E-state index is 0.00566. The molecule has 1 aromatic rings. The zero-order valence-corrected chi connectivity index (χ0v) is 14.5. The van der Waals surface area contributed by atoms with Gasteiger partial charge in [0, 0.05) is 11.3 Å². The lowest BCUT2D eigenvalue weighted by molar-refractivity contribution is -0.117. The van der Waals surface area contributed by atoms with Crippen LogP contribution in [0.15, 0.2) is 35.4 Å². The molecule has 4 nitrogen and oxygen atoms in total. The third kappa shape index (κ3) is 3.58. The Balaban J connectivity index is 1.63. The van der Waals surface area contributed by atoms with E-state index in [-0.39, 0.29) is 12.3 Å². The van der Waals surface area contributed by atoms with Crippen molar-refractivity contribution in [2.45, 2.75) is 39.5 Å². The predicted molar refractivity (Wildman–Crippen MR) is 94.8 cm³/mol. The second kappa shape index (κ2) is 7.29. The molecule has 2 saturated carbocycles. The summed E-state index contributed by atoms with van der Waals surface area (Å²) >= 11 is 0. The van der Waals surface area contributed by atoms with Crippen molar-refractivity contribution in [3.8, 4) is 0 Å². The van der Waals surface area contributed by atoms with E-state index in [1.165, 1.54) is 30.7 Å². The van der Waals surface area contributed by atoms with Gasteiger partial charge in [-0.2, -0.15) is 5.10 Å². The van der Waals surface area contributed by atoms with Crippen LogP contribution < -0.4 is 0 Å². The molecule has 1 amide bonds. The maximum absolute atomic E-state index is 12.3. The summed E-state index contributed by atoms with van der Waals surface area (Å²) in [7, 11) is 0. The van der Waals surface area contributed by atoms with Gasteiger partial charge in [-0.3, -0.25) is 9.59 Å². The summed E-state index contributed by atoms with van der Waals surface area (Å²) in [4.78, 5) is 23.6. The number of hydrogen-bond acceptors (Lipinski definition) is 3. The first kappa shape index (κ1) is 16.9. The van der Waals surface area contributed by atoms with E-state index in [2.05, 4.69) is 12.0 Å². The minimum Gasteiger partial charge on any atom is -0.292 e. The highest BCUT2D eigenvalue weighted by Gasteiger charge is 2.42. The summed E-state index contributed by atoms with van der Waals surface area (Å²) in [5.74, 6) is 2.69. The van der Waals surface area contributed by atoms with Crippen LogP contribution in [0, 0.1) is 23.7 Å². The number of ketones is 1. The van der Waals surface area contributed by atoms with Crippen molar-refractivity contribution in [1.82, 2.24) is 5.01 Å². The van der Waals surface area contributed by atoms with E-state index < -0.39 is 0 Å². The highest BCUT2D eigenvalue weighted by Crippen LogP contribution is 2.51. The van der Waals surface area contributed by atoms with Crippen LogP contribution in [-0.2, 0) is 4.79 Å². The van der Waals surface area contributed by atoms with E-state index in [1.54, 1.807) is 12.1 Å². The van der Waals surface area contributed by atoms with Gasteiger partial charge in [0.1, 0.15) is 6.54 Å². The lowest BCUT2D eigenvalue weighted by Gasteiger charge is -2.28. The molecule has 0 aromatic heterocycles. The number of carbonyl (C=O) groups is 2. The molecular formula is C20H26N2O2. The van der Waals surface area contributed by atoms with Gasteiger partial charge >= 0.3 is 0 Å². The lowest BCUT2D eigenvalue weighted by atomic mass is 9.78. The number of carbonyl (C=O) groups excluding carboxylic acids is 2. The molecule has 0 spiro atoms. The average Bonchev–Trinajstić information content (AvgIpc) is 3.24. The molecule has 1 aromatic carbocycles. The van der Waals surface area contributed by atoms with Gasteiger partial charge in [0.2, 0.25) is 6.41 Å². The maximum atomic E-state index is 12.3. The Labute approximate surface area is 143 Å². The van der Waals surface area contributed by atoms with Crippen molar-refractivity contribution >= 4 is 17.9 Å². The van der Waals surface area contributed by atoms with Gasteiger partial charge in [-0.15, -0.1) is 0 Å². The van der Waals surface area contributed by atoms with Gasteiger partial charge in [-0.05, 0) is 49.9 Å². The summed E-state index contributed by atoms with van der Waals surface area (Å²) in [5.41, 5.74) is 1.57. The second-order valence-electron chi connectivity index (χ2n) is 7.36. The van der Waals surface area contributed by atoms with E-state index in [1.807, 2.05) is 25.1 Å². The molecular weight excluding hydrogens is 300 g/mol. The fraction of sp³-hybridized carbons (Fsp3) is 0.550. The van der Waals surface area contributed by atoms with Crippen LogP contribution in [0.2, 0.25) is 0 Å². The van der Waals surface area contributed by atoms with Crippen LogP contribution >= 0.6 is 0 Å². The molecule has 4 unspecified atom stereocenters. The predicted octanol–water partition coefficient (Wildman–Crippen LogP) is 3.78. The second-order valence-corrected chi connectivity index (χ2v) is 7.36. The fourth-order valence-corrected chi connectivity index (χ4v) is 4.47. The number of nitrogens with zero attached hydrogens (tertiary/aromatic N) is 2. The first-order valence-electron chi connectivity index (χ1n) is 8.93. The molecule has 3 rings (SSSR count). The van der Waals surface area contributed by atoms with Crippen LogP contribution in [0.25, 0.3) is 0 Å². The monoisotopic (exact) mass is 326 g/mol. The first-order chi connectivity index (χ1) is 11.6. The zero-order valence-electron chi connectivity index (χ0n) is 14.5. The van der Waals surface area contributed by atoms with E-state index >= 15 is 0 Å². The van der Waals surface area contributed by atoms with Crippen molar-refractivity contribution in [2.75, 3.05) is 6.54 Å². The van der Waals surface area contributed by atoms with E-state index in [0.29, 0.717) is 23.8 Å². The maximum Gasteiger partial charge on any atom is 0.230 e. The van der Waals surface area contributed by atoms with Gasteiger partial charge in [0.05, 0.1) is 0 Å². The number of hydrazone groups is 1. The summed E-state index contributed by atoms with van der Waals surface area (Å²) in [6.45, 7) is 4.20. The van der Waals surface area contributed by atoms with Gasteiger partial charge in [0.15, 0.2) is 5.78 Å². The fourth-order valence-electron chi connectivity index (χ4n) is 4.47. The Morgan fingerprint density at radius 2 is 2.04 bits per heavy atom. The van der Waals surface area contributed by atoms with Crippen molar-refractivity contribution < 1.29 is 9.59 Å². The summed E-state index contributed by atoms with van der Waals surface area (Å²) in [6.07, 6.45) is 6.04. The third-order valence-corrected chi connectivity index (χ3v) is 5.90. The Morgan fingerprint density at radius 3 is 2.62 bits per heavy atom. The molecule has 0 radical (unpaired) electrons. The van der Waals surface area contributed by atoms with Crippen molar-refractivity contribution in [3.05, 3.63) is 35.9 Å². The molecule has 24 heavy (non-hydrogen) atoms. The Morgan fingerprint density at radius 1 is 1.29 bits per heavy atom. The third-order valence-electron chi connectivity index (χ3n) is 5.90. The van der Waals surface area contributed by atoms with Gasteiger partial charge in [-0.25, -0.2) is 5.01 Å². The van der Waals surface area contributed by atoms with E-state index in [4.69, 9.17) is 0 Å². The van der Waals surface area contributed by atoms with Gasteiger partial charge in [-0.1, -0.05) is 43.7 Å². The van der Waals surface area contributed by atoms with Crippen LogP contribution in [0.1, 0.15) is 49.9 Å². The molecule has 2 aliphatic carbocycles. The lowest BCUT2D eigenvalue weighted by Crippen LogP contribution is -2.29. The van der Waals surface area contributed by atoms with Crippen molar-refractivity contribution in [2.24, 2.45) is 28.8 Å². The highest BCUT2D eigenvalue weighted by atomic mass is 16.2. The number of benzene rings is 1. The molecule has 2 bridgehead atoms. The summed E-state index contributed by atoms with van der Waals surface area (Å²) in [6, 6.07) is 9.04. The largest absolute Gasteiger partial charge is 0.292 e. The first-order valence-corrected chi connectivity index (χ1v) is 8.93. The zero-order chi connectivity index (χ0) is 17.1. The topological polar surface area (TPSA) is 49.7 Å². The molecule has 4 atom stereocenters. The molecule has 0 aliphatic heterocycles. The molecule has 2 aliphatic rings. The minimum atomic E-state index is -0.0909. The molecule has 128 valence electrons. The Hall–Kier alpha value is -1.97. The quantitative estimate of drug-likeness (QED) is 0.331. The van der Waals surface area contributed by atoms with Gasteiger partial charge < -0.3 is 0 Å². The Kier molecular flexibility index (Phi) is 5.12. The number of fused-ring (bicyclic) bond motifs is 2. The summed E-state index contributed by atoms with van der Waals surface area (Å²) in [5, 5.41) is 5.69. The standard InChI is InChI=1S/C20H26N2O2/c1-14(19-11-16-8-9-18(19)10-16)15(2)21-22(13-23)12-20(24)17-6-4-3-5-7-17/h3-7,13-14,16,18-19H,8-12H2,1-2H3. The van der Waals surface area contributed by atoms with Crippen LogP contribution in [0.5, 0.6) is 0 Å². The highest BCUT2D eigenvalue weighted by molar-refractivity contribution is 5.98. The van der Waals surface area contributed by atoms with Gasteiger partial charge in [0.25, 0.3) is 0 Å². The van der Waals surface area contributed by atoms with E-state index in [0.717, 1.165) is 17.5 Å². The smallest absolute Gasteiger partial charge is 0.230 e. The summed E-state index contributed by atoms with van der Waals surface area (Å²) < 4.78 is 0. The SMILES string of the molecule is CC(=NN(C=O)CC(=O)c1ccccc1)C(C)C1CC2CCC1C2. The molecule has 0 heterocycles. The Bertz CT molecular complexity index is 626. The number of amides is 1. The molecule has 0 N–H and O–H groups in total. The molecule has 2 fully saturated rings. The molecule has 0 saturated heterocycles. The normalized spacial score (nSPS) is 27.1. The number of Topliss-reactive ketones (excluding diaryl/α,β-unsaturated/α-hetero) is 1. The van der Waals surface area contributed by atoms with Crippen molar-refractivity contribution in [1.29, 1.82) is 0 Å². The number of hydrogen-bond donors (Lipinski definition) is 0. The van der Waals surface area contributed by atoms with Crippen molar-refractivity contribution in [3.63, 3.8) is 0 Å². The van der Waals surface area contributed by atoms with Crippen LogP contribution in [0.4, 0.5) is 0 Å². The number of rotatable bonds is 7. The average molecular weight is 326 g/mol. The van der Waals surface area contributed by atoms with Crippen LogP contribution in [0.3, 0.4) is 0 Å². The van der Waals surface area contributed by atoms with Crippen LogP contribution in [-0.4, -0.2) is 29.5 Å². The van der Waals surface area contributed by atoms with E-state index in [9.17, 15) is 9.59 Å².